The molecule has 0 aliphatic carbocycles. The van der Waals surface area contributed by atoms with Crippen molar-refractivity contribution in [2.75, 3.05) is 20.3 Å². The number of aromatic nitrogens is 2. The lowest BCUT2D eigenvalue weighted by Crippen LogP contribution is -2.24. The zero-order valence-corrected chi connectivity index (χ0v) is 12.7. The van der Waals surface area contributed by atoms with Gasteiger partial charge in [-0.1, -0.05) is 18.5 Å². The number of hydrogen-bond acceptors (Lipinski definition) is 4. The molecule has 0 amide bonds. The largest absolute Gasteiger partial charge is 0.391 e. The summed E-state index contributed by atoms with van der Waals surface area (Å²) in [4.78, 5) is 0. The number of methoxy groups -OCH3 is 1. The van der Waals surface area contributed by atoms with Crippen molar-refractivity contribution in [3.05, 3.63) is 16.4 Å². The molecule has 1 aromatic heterocycles. The molecule has 0 bridgehead atoms. The maximum absolute atomic E-state index is 9.54. The Hall–Kier alpha value is -0.620. The number of hydrogen-bond donors (Lipinski definition) is 2. The number of halogens is 1. The van der Waals surface area contributed by atoms with Crippen LogP contribution in [0.25, 0.3) is 0 Å². The molecule has 1 heterocycles. The van der Waals surface area contributed by atoms with Gasteiger partial charge < -0.3 is 15.2 Å². The molecule has 0 aromatic carbocycles. The highest BCUT2D eigenvalue weighted by Crippen LogP contribution is 2.21. The quantitative estimate of drug-likeness (QED) is 0.678. The predicted octanol–water partition coefficient (Wildman–Crippen LogP) is 1.61. The van der Waals surface area contributed by atoms with Gasteiger partial charge in [0.2, 0.25) is 0 Å². The highest BCUT2D eigenvalue weighted by Gasteiger charge is 2.13. The van der Waals surface area contributed by atoms with Gasteiger partial charge in [0.15, 0.2) is 0 Å². The Bertz CT molecular complexity index is 382. The van der Waals surface area contributed by atoms with Gasteiger partial charge in [0.1, 0.15) is 0 Å². The Kier molecular flexibility index (Phi) is 7.38. The number of aliphatic hydroxyl groups is 1. The molecule has 0 aliphatic heterocycles. The molecular formula is C13H24ClN3O2. The smallest absolute Gasteiger partial charge is 0.0863 e. The van der Waals surface area contributed by atoms with Crippen molar-refractivity contribution in [3.63, 3.8) is 0 Å². The van der Waals surface area contributed by atoms with Crippen molar-refractivity contribution in [2.24, 2.45) is 0 Å². The van der Waals surface area contributed by atoms with Gasteiger partial charge in [0.05, 0.1) is 29.1 Å². The summed E-state index contributed by atoms with van der Waals surface area (Å²) in [6.07, 6.45) is 1.08. The fourth-order valence-corrected chi connectivity index (χ4v) is 2.27. The highest BCUT2D eigenvalue weighted by molar-refractivity contribution is 6.31. The van der Waals surface area contributed by atoms with Crippen LogP contribution in [-0.2, 0) is 24.2 Å². The molecule has 0 saturated heterocycles. The Morgan fingerprint density at radius 2 is 2.21 bits per heavy atom. The van der Waals surface area contributed by atoms with E-state index in [2.05, 4.69) is 17.3 Å². The molecule has 0 aliphatic rings. The van der Waals surface area contributed by atoms with Crippen LogP contribution in [0.15, 0.2) is 0 Å². The van der Waals surface area contributed by atoms with Crippen LogP contribution in [0.3, 0.4) is 0 Å². The van der Waals surface area contributed by atoms with Gasteiger partial charge in [-0.3, -0.25) is 4.68 Å². The molecule has 2 N–H and O–H groups in total. The number of aliphatic hydroxyl groups excluding tert-OH is 1. The molecule has 0 saturated carbocycles. The average molecular weight is 290 g/mol. The van der Waals surface area contributed by atoms with Crippen LogP contribution < -0.4 is 5.32 Å². The Labute approximate surface area is 119 Å². The van der Waals surface area contributed by atoms with Crippen LogP contribution in [0, 0.1) is 0 Å². The monoisotopic (exact) mass is 289 g/mol. The Morgan fingerprint density at radius 3 is 2.79 bits per heavy atom. The molecule has 5 nitrogen and oxygen atoms in total. The second-order valence-electron chi connectivity index (χ2n) is 4.45. The summed E-state index contributed by atoms with van der Waals surface area (Å²) in [7, 11) is 1.59. The van der Waals surface area contributed by atoms with Gasteiger partial charge in [-0.05, 0) is 26.3 Å². The van der Waals surface area contributed by atoms with Crippen molar-refractivity contribution >= 4 is 11.6 Å². The minimum atomic E-state index is -0.421. The van der Waals surface area contributed by atoms with E-state index in [0.717, 1.165) is 35.9 Å². The molecule has 19 heavy (non-hydrogen) atoms. The maximum atomic E-state index is 9.54. The van der Waals surface area contributed by atoms with Gasteiger partial charge in [-0.15, -0.1) is 0 Å². The van der Waals surface area contributed by atoms with Crippen molar-refractivity contribution in [3.8, 4) is 0 Å². The first-order valence-corrected chi connectivity index (χ1v) is 7.13. The first-order chi connectivity index (χ1) is 9.13. The van der Waals surface area contributed by atoms with Crippen molar-refractivity contribution in [1.29, 1.82) is 0 Å². The van der Waals surface area contributed by atoms with Crippen molar-refractivity contribution in [2.45, 2.75) is 45.9 Å². The lowest BCUT2D eigenvalue weighted by Gasteiger charge is -2.11. The van der Waals surface area contributed by atoms with E-state index in [4.69, 9.17) is 16.3 Å². The minimum Gasteiger partial charge on any atom is -0.391 e. The van der Waals surface area contributed by atoms with Crippen molar-refractivity contribution in [1.82, 2.24) is 15.1 Å². The SMILES string of the molecule is CCc1nn(CC)c(CNCCC(O)COC)c1Cl. The van der Waals surface area contributed by atoms with Crippen molar-refractivity contribution < 1.29 is 9.84 Å². The molecule has 0 spiro atoms. The van der Waals surface area contributed by atoms with E-state index in [0.29, 0.717) is 19.6 Å². The normalized spacial score (nSPS) is 12.9. The van der Waals surface area contributed by atoms with Gasteiger partial charge in [0, 0.05) is 20.2 Å². The summed E-state index contributed by atoms with van der Waals surface area (Å²) >= 11 is 6.31. The lowest BCUT2D eigenvalue weighted by atomic mass is 10.2. The van der Waals surface area contributed by atoms with E-state index in [1.54, 1.807) is 7.11 Å². The average Bonchev–Trinajstić information content (AvgIpc) is 2.71. The molecule has 6 heteroatoms. The van der Waals surface area contributed by atoms with E-state index in [1.807, 2.05) is 11.6 Å². The van der Waals surface area contributed by atoms with Crippen LogP contribution in [0.4, 0.5) is 0 Å². The fraction of sp³-hybridized carbons (Fsp3) is 0.769. The van der Waals surface area contributed by atoms with Crippen LogP contribution >= 0.6 is 11.6 Å². The van der Waals surface area contributed by atoms with Crippen LogP contribution in [0.5, 0.6) is 0 Å². The van der Waals surface area contributed by atoms with Crippen LogP contribution in [-0.4, -0.2) is 41.3 Å². The van der Waals surface area contributed by atoms with Gasteiger partial charge in [0.25, 0.3) is 0 Å². The Balaban J connectivity index is 2.46. The summed E-state index contributed by atoms with van der Waals surface area (Å²) in [6, 6.07) is 0. The summed E-state index contributed by atoms with van der Waals surface area (Å²) in [5.41, 5.74) is 1.96. The summed E-state index contributed by atoms with van der Waals surface area (Å²) in [5.74, 6) is 0. The molecule has 1 unspecified atom stereocenters. The first-order valence-electron chi connectivity index (χ1n) is 6.75. The number of aryl methyl sites for hydroxylation is 2. The van der Waals surface area contributed by atoms with Gasteiger partial charge in [-0.2, -0.15) is 5.10 Å². The van der Waals surface area contributed by atoms with Crippen LogP contribution in [0.2, 0.25) is 5.02 Å². The fourth-order valence-electron chi connectivity index (χ4n) is 1.94. The second kappa shape index (κ2) is 8.53. The predicted molar refractivity (Wildman–Crippen MR) is 76.5 cm³/mol. The minimum absolute atomic E-state index is 0.370. The lowest BCUT2D eigenvalue weighted by molar-refractivity contribution is 0.0594. The van der Waals surface area contributed by atoms with E-state index in [9.17, 15) is 5.11 Å². The molecule has 1 rings (SSSR count). The topological polar surface area (TPSA) is 59.3 Å². The van der Waals surface area contributed by atoms with Gasteiger partial charge >= 0.3 is 0 Å². The van der Waals surface area contributed by atoms with E-state index >= 15 is 0 Å². The third-order valence-corrected chi connectivity index (χ3v) is 3.44. The summed E-state index contributed by atoms with van der Waals surface area (Å²) in [5, 5.41) is 18.0. The summed E-state index contributed by atoms with van der Waals surface area (Å²) in [6.45, 7) is 6.66. The van der Waals surface area contributed by atoms with E-state index < -0.39 is 6.10 Å². The highest BCUT2D eigenvalue weighted by atomic mass is 35.5. The van der Waals surface area contributed by atoms with Gasteiger partial charge in [-0.25, -0.2) is 0 Å². The second-order valence-corrected chi connectivity index (χ2v) is 4.83. The summed E-state index contributed by atoms with van der Waals surface area (Å²) < 4.78 is 6.81. The zero-order chi connectivity index (χ0) is 14.3. The molecule has 0 fully saturated rings. The molecule has 1 aromatic rings. The number of ether oxygens (including phenoxy) is 1. The third-order valence-electron chi connectivity index (χ3n) is 3.00. The number of nitrogens with one attached hydrogen (secondary N) is 1. The molecule has 1 atom stereocenters. The molecular weight excluding hydrogens is 266 g/mol. The number of rotatable bonds is 9. The van der Waals surface area contributed by atoms with E-state index in [1.165, 1.54) is 0 Å². The number of nitrogens with zero attached hydrogens (tertiary/aromatic N) is 2. The Morgan fingerprint density at radius 1 is 1.47 bits per heavy atom. The molecule has 110 valence electrons. The van der Waals surface area contributed by atoms with E-state index in [-0.39, 0.29) is 0 Å². The maximum Gasteiger partial charge on any atom is 0.0863 e. The first kappa shape index (κ1) is 16.4. The molecule has 0 radical (unpaired) electrons. The standard InChI is InChI=1S/C13H24ClN3O2/c1-4-11-13(14)12(17(5-2)16-11)8-15-7-6-10(18)9-19-3/h10,15,18H,4-9H2,1-3H3. The van der Waals surface area contributed by atoms with Crippen LogP contribution in [0.1, 0.15) is 31.7 Å². The zero-order valence-electron chi connectivity index (χ0n) is 11.9. The third kappa shape index (κ3) is 4.76.